The topological polar surface area (TPSA) is 12.0 Å². The molecule has 0 bridgehead atoms. The Labute approximate surface area is 91.5 Å². The van der Waals surface area contributed by atoms with Crippen molar-refractivity contribution in [1.29, 1.82) is 0 Å². The zero-order chi connectivity index (χ0) is 10.2. The highest BCUT2D eigenvalue weighted by Crippen LogP contribution is 2.09. The molecule has 2 heteroatoms. The van der Waals surface area contributed by atoms with Crippen molar-refractivity contribution in [2.75, 3.05) is 13.1 Å². The van der Waals surface area contributed by atoms with Crippen molar-refractivity contribution in [2.45, 2.75) is 26.2 Å². The Balaban J connectivity index is 2.15. The van der Waals surface area contributed by atoms with Crippen molar-refractivity contribution in [2.24, 2.45) is 0 Å². The fourth-order valence-electron chi connectivity index (χ4n) is 1.31. The van der Waals surface area contributed by atoms with E-state index < -0.39 is 0 Å². The average Bonchev–Trinajstić information content (AvgIpc) is 2.21. The molecule has 1 N–H and O–H groups in total. The van der Waals surface area contributed by atoms with E-state index in [2.05, 4.69) is 24.4 Å². The number of hydrogen-bond acceptors (Lipinski definition) is 1. The van der Waals surface area contributed by atoms with Gasteiger partial charge in [-0.15, -0.1) is 0 Å². The summed E-state index contributed by atoms with van der Waals surface area (Å²) in [5.41, 5.74) is 1.35. The molecule has 0 saturated heterocycles. The highest BCUT2D eigenvalue weighted by molar-refractivity contribution is 6.30. The van der Waals surface area contributed by atoms with E-state index in [-0.39, 0.29) is 0 Å². The fourth-order valence-corrected chi connectivity index (χ4v) is 1.44. The minimum absolute atomic E-state index is 0.813. The molecule has 0 unspecified atom stereocenters. The average molecular weight is 212 g/mol. The van der Waals surface area contributed by atoms with E-state index in [1.54, 1.807) is 0 Å². The van der Waals surface area contributed by atoms with Crippen molar-refractivity contribution in [3.63, 3.8) is 0 Å². The Morgan fingerprint density at radius 2 is 1.86 bits per heavy atom. The minimum atomic E-state index is 0.813. The van der Waals surface area contributed by atoms with E-state index in [0.29, 0.717) is 0 Å². The predicted molar refractivity (Wildman–Crippen MR) is 62.9 cm³/mol. The van der Waals surface area contributed by atoms with Crippen LogP contribution in [0.4, 0.5) is 0 Å². The number of benzene rings is 1. The molecule has 0 radical (unpaired) electrons. The summed E-state index contributed by atoms with van der Waals surface area (Å²) in [7, 11) is 0. The van der Waals surface area contributed by atoms with Crippen LogP contribution in [0.5, 0.6) is 0 Å². The lowest BCUT2D eigenvalue weighted by Gasteiger charge is -2.03. The predicted octanol–water partition coefficient (Wildman–Crippen LogP) is 3.27. The lowest BCUT2D eigenvalue weighted by molar-refractivity contribution is 0.640. The number of hydrogen-bond donors (Lipinski definition) is 1. The Morgan fingerprint density at radius 1 is 1.14 bits per heavy atom. The third-order valence-electron chi connectivity index (χ3n) is 2.21. The maximum Gasteiger partial charge on any atom is 0.0406 e. The number of unbranched alkanes of at least 4 members (excludes halogenated alkanes) is 1. The second-order valence-corrected chi connectivity index (χ2v) is 3.92. The molecule has 1 aromatic rings. The molecular formula is C12H18ClN. The maximum absolute atomic E-state index is 5.80. The molecule has 0 aromatic heterocycles. The molecule has 1 aromatic carbocycles. The summed E-state index contributed by atoms with van der Waals surface area (Å²) in [6.45, 7) is 4.40. The van der Waals surface area contributed by atoms with E-state index in [4.69, 9.17) is 11.6 Å². The first-order valence-electron chi connectivity index (χ1n) is 5.28. The summed E-state index contributed by atoms with van der Waals surface area (Å²) in [4.78, 5) is 0. The smallest absolute Gasteiger partial charge is 0.0406 e. The third kappa shape index (κ3) is 4.64. The van der Waals surface area contributed by atoms with Crippen LogP contribution in [0.2, 0.25) is 5.02 Å². The van der Waals surface area contributed by atoms with Crippen molar-refractivity contribution in [3.8, 4) is 0 Å². The highest BCUT2D eigenvalue weighted by Gasteiger charge is 1.92. The van der Waals surface area contributed by atoms with Gasteiger partial charge in [0.25, 0.3) is 0 Å². The van der Waals surface area contributed by atoms with Gasteiger partial charge in [-0.3, -0.25) is 0 Å². The lowest BCUT2D eigenvalue weighted by Crippen LogP contribution is -2.18. The summed E-state index contributed by atoms with van der Waals surface area (Å²) < 4.78 is 0. The zero-order valence-electron chi connectivity index (χ0n) is 8.72. The van der Waals surface area contributed by atoms with Gasteiger partial charge in [0, 0.05) is 5.02 Å². The summed E-state index contributed by atoms with van der Waals surface area (Å²) >= 11 is 5.80. The van der Waals surface area contributed by atoms with Gasteiger partial charge in [0.1, 0.15) is 0 Å². The van der Waals surface area contributed by atoms with Crippen molar-refractivity contribution < 1.29 is 0 Å². The van der Waals surface area contributed by atoms with Crippen LogP contribution >= 0.6 is 11.6 Å². The first kappa shape index (κ1) is 11.5. The van der Waals surface area contributed by atoms with Gasteiger partial charge in [0.2, 0.25) is 0 Å². The Hall–Kier alpha value is -0.530. The fraction of sp³-hybridized carbons (Fsp3) is 0.500. The van der Waals surface area contributed by atoms with E-state index in [1.165, 1.54) is 18.4 Å². The monoisotopic (exact) mass is 211 g/mol. The molecule has 0 fully saturated rings. The molecule has 78 valence electrons. The Bertz CT molecular complexity index is 243. The van der Waals surface area contributed by atoms with Gasteiger partial charge in [-0.1, -0.05) is 37.1 Å². The number of halogens is 1. The van der Waals surface area contributed by atoms with E-state index in [0.717, 1.165) is 24.5 Å². The first-order valence-corrected chi connectivity index (χ1v) is 5.66. The van der Waals surface area contributed by atoms with E-state index in [1.807, 2.05) is 12.1 Å². The largest absolute Gasteiger partial charge is 0.316 e. The molecule has 0 aliphatic heterocycles. The van der Waals surface area contributed by atoms with Crippen molar-refractivity contribution >= 4 is 11.6 Å². The molecule has 0 aliphatic rings. The Kier molecular flexibility index (Phi) is 5.65. The molecule has 1 nitrogen and oxygen atoms in total. The summed E-state index contributed by atoms with van der Waals surface area (Å²) in [5.74, 6) is 0. The number of rotatable bonds is 6. The molecule has 0 spiro atoms. The molecule has 0 saturated carbocycles. The van der Waals surface area contributed by atoms with Gasteiger partial charge in [-0.25, -0.2) is 0 Å². The molecule has 14 heavy (non-hydrogen) atoms. The highest BCUT2D eigenvalue weighted by atomic mass is 35.5. The number of nitrogens with one attached hydrogen (secondary N) is 1. The van der Waals surface area contributed by atoms with Gasteiger partial charge in [-0.05, 0) is 43.6 Å². The van der Waals surface area contributed by atoms with E-state index >= 15 is 0 Å². The van der Waals surface area contributed by atoms with Crippen molar-refractivity contribution in [3.05, 3.63) is 34.9 Å². The second kappa shape index (κ2) is 6.86. The molecule has 0 aliphatic carbocycles. The van der Waals surface area contributed by atoms with Crippen LogP contribution in [0.3, 0.4) is 0 Å². The van der Waals surface area contributed by atoms with Crippen LogP contribution in [0.15, 0.2) is 24.3 Å². The third-order valence-corrected chi connectivity index (χ3v) is 2.46. The van der Waals surface area contributed by atoms with Gasteiger partial charge < -0.3 is 5.32 Å². The van der Waals surface area contributed by atoms with Crippen LogP contribution in [-0.2, 0) is 6.42 Å². The van der Waals surface area contributed by atoms with Crippen LogP contribution < -0.4 is 5.32 Å². The van der Waals surface area contributed by atoms with Gasteiger partial charge in [0.05, 0.1) is 0 Å². The molecule has 0 atom stereocenters. The standard InChI is InChI=1S/C12H18ClN/c1-2-3-9-14-10-8-11-4-6-12(13)7-5-11/h4-7,14H,2-3,8-10H2,1H3. The van der Waals surface area contributed by atoms with Gasteiger partial charge in [-0.2, -0.15) is 0 Å². The summed E-state index contributed by atoms with van der Waals surface area (Å²) in [6.07, 6.45) is 3.61. The van der Waals surface area contributed by atoms with Crippen LogP contribution in [0.1, 0.15) is 25.3 Å². The van der Waals surface area contributed by atoms with Gasteiger partial charge in [0.15, 0.2) is 0 Å². The molecule has 0 heterocycles. The van der Waals surface area contributed by atoms with E-state index in [9.17, 15) is 0 Å². The van der Waals surface area contributed by atoms with Crippen LogP contribution in [0.25, 0.3) is 0 Å². The summed E-state index contributed by atoms with van der Waals surface area (Å²) in [5, 5.41) is 4.23. The summed E-state index contributed by atoms with van der Waals surface area (Å²) in [6, 6.07) is 8.07. The normalized spacial score (nSPS) is 10.4. The van der Waals surface area contributed by atoms with Crippen LogP contribution in [0, 0.1) is 0 Å². The molecule has 1 rings (SSSR count). The van der Waals surface area contributed by atoms with Crippen LogP contribution in [-0.4, -0.2) is 13.1 Å². The quantitative estimate of drug-likeness (QED) is 0.713. The molecule has 0 amide bonds. The molecular weight excluding hydrogens is 194 g/mol. The second-order valence-electron chi connectivity index (χ2n) is 3.48. The SMILES string of the molecule is CCCCNCCc1ccc(Cl)cc1. The van der Waals surface area contributed by atoms with Crippen molar-refractivity contribution in [1.82, 2.24) is 5.32 Å². The Morgan fingerprint density at radius 3 is 2.50 bits per heavy atom. The first-order chi connectivity index (χ1) is 6.83. The zero-order valence-corrected chi connectivity index (χ0v) is 9.48. The minimum Gasteiger partial charge on any atom is -0.316 e. The van der Waals surface area contributed by atoms with Gasteiger partial charge >= 0.3 is 0 Å². The maximum atomic E-state index is 5.80. The lowest BCUT2D eigenvalue weighted by atomic mass is 10.1.